The number of rotatable bonds is 2. The van der Waals surface area contributed by atoms with Crippen molar-refractivity contribution in [2.24, 2.45) is 7.05 Å². The van der Waals surface area contributed by atoms with Crippen molar-refractivity contribution < 1.29 is 0 Å². The lowest BCUT2D eigenvalue weighted by Crippen LogP contribution is -1.92. The first kappa shape index (κ1) is 11.2. The summed E-state index contributed by atoms with van der Waals surface area (Å²) >= 11 is 0. The van der Waals surface area contributed by atoms with Crippen LogP contribution < -0.4 is 5.32 Å². The van der Waals surface area contributed by atoms with Gasteiger partial charge in [-0.1, -0.05) is 0 Å². The molecule has 0 amide bonds. The molecule has 0 atom stereocenters. The molecule has 0 aliphatic heterocycles. The molecule has 1 N–H and O–H groups in total. The van der Waals surface area contributed by atoms with Crippen molar-refractivity contribution >= 4 is 11.4 Å². The molecule has 1 aromatic carbocycles. The third-order valence-electron chi connectivity index (χ3n) is 2.64. The molecule has 2 rings (SSSR count). The van der Waals surface area contributed by atoms with E-state index in [0.717, 1.165) is 22.6 Å². The minimum atomic E-state index is 0.707. The molecule has 0 aliphatic rings. The molecule has 0 saturated carbocycles. The highest BCUT2D eigenvalue weighted by molar-refractivity contribution is 5.63. The molecule has 0 saturated heterocycles. The van der Waals surface area contributed by atoms with Crippen LogP contribution in [0.5, 0.6) is 0 Å². The Morgan fingerprint density at radius 1 is 1.35 bits per heavy atom. The summed E-state index contributed by atoms with van der Waals surface area (Å²) in [7, 11) is 1.89. The summed E-state index contributed by atoms with van der Waals surface area (Å²) in [6, 6.07) is 7.84. The Kier molecular flexibility index (Phi) is 2.84. The third-order valence-corrected chi connectivity index (χ3v) is 2.64. The molecule has 17 heavy (non-hydrogen) atoms. The quantitative estimate of drug-likeness (QED) is 0.856. The number of aryl methyl sites for hydroxylation is 3. The Morgan fingerprint density at radius 2 is 2.12 bits per heavy atom. The molecular formula is C13H14N4. The van der Waals surface area contributed by atoms with E-state index in [1.165, 1.54) is 0 Å². The van der Waals surface area contributed by atoms with Gasteiger partial charge < -0.3 is 5.32 Å². The third kappa shape index (κ3) is 2.28. The normalized spacial score (nSPS) is 10.0. The molecule has 0 unspecified atom stereocenters. The Bertz CT molecular complexity index is 590. The van der Waals surface area contributed by atoms with Gasteiger partial charge in [0.1, 0.15) is 0 Å². The van der Waals surface area contributed by atoms with Gasteiger partial charge in [0.15, 0.2) is 0 Å². The zero-order valence-electron chi connectivity index (χ0n) is 10.2. The van der Waals surface area contributed by atoms with Crippen molar-refractivity contribution in [3.05, 3.63) is 41.2 Å². The fraction of sp³-hybridized carbons (Fsp3) is 0.231. The molecule has 4 heteroatoms. The number of hydrogen-bond donors (Lipinski definition) is 1. The second kappa shape index (κ2) is 4.30. The Morgan fingerprint density at radius 3 is 2.65 bits per heavy atom. The van der Waals surface area contributed by atoms with Crippen LogP contribution in [0.1, 0.15) is 16.8 Å². The van der Waals surface area contributed by atoms with E-state index < -0.39 is 0 Å². The molecule has 86 valence electrons. The van der Waals surface area contributed by atoms with E-state index in [2.05, 4.69) is 16.5 Å². The van der Waals surface area contributed by atoms with Crippen LogP contribution in [0.3, 0.4) is 0 Å². The Labute approximate surface area is 100 Å². The number of anilines is 2. The smallest absolute Gasteiger partial charge is 0.0994 e. The first-order chi connectivity index (χ1) is 8.10. The van der Waals surface area contributed by atoms with Gasteiger partial charge in [0, 0.05) is 18.9 Å². The summed E-state index contributed by atoms with van der Waals surface area (Å²) < 4.78 is 1.77. The number of hydrogen-bond acceptors (Lipinski definition) is 3. The maximum atomic E-state index is 8.86. The predicted octanol–water partition coefficient (Wildman–Crippen LogP) is 2.65. The van der Waals surface area contributed by atoms with Gasteiger partial charge in [-0.05, 0) is 37.6 Å². The lowest BCUT2D eigenvalue weighted by Gasteiger charge is -2.06. The van der Waals surface area contributed by atoms with Gasteiger partial charge in [-0.3, -0.25) is 4.68 Å². The van der Waals surface area contributed by atoms with Crippen LogP contribution in [0.25, 0.3) is 0 Å². The molecule has 0 spiro atoms. The van der Waals surface area contributed by atoms with Gasteiger partial charge in [-0.2, -0.15) is 10.4 Å². The summed E-state index contributed by atoms with van der Waals surface area (Å²) in [5.41, 5.74) is 4.58. The van der Waals surface area contributed by atoms with Gasteiger partial charge >= 0.3 is 0 Å². The molecule has 2 aromatic rings. The van der Waals surface area contributed by atoms with Crippen molar-refractivity contribution in [2.45, 2.75) is 13.8 Å². The number of aromatic nitrogens is 2. The summed E-state index contributed by atoms with van der Waals surface area (Å²) in [6.07, 6.45) is 1.93. The second-order valence-corrected chi connectivity index (χ2v) is 4.07. The first-order valence-electron chi connectivity index (χ1n) is 5.38. The molecule has 0 fully saturated rings. The van der Waals surface area contributed by atoms with Crippen molar-refractivity contribution in [3.8, 4) is 6.07 Å². The molecule has 0 aliphatic carbocycles. The highest BCUT2D eigenvalue weighted by Gasteiger charge is 2.04. The Balaban J connectivity index is 2.28. The molecule has 4 nitrogen and oxygen atoms in total. The molecule has 0 radical (unpaired) electrons. The SMILES string of the molecule is Cc1cc(Nc2cn(C)nc2C)ccc1C#N. The van der Waals surface area contributed by atoms with Gasteiger partial charge in [0.2, 0.25) is 0 Å². The van der Waals surface area contributed by atoms with Crippen LogP contribution in [0.2, 0.25) is 0 Å². The van der Waals surface area contributed by atoms with Crippen LogP contribution in [0, 0.1) is 25.2 Å². The highest BCUT2D eigenvalue weighted by atomic mass is 15.3. The lowest BCUT2D eigenvalue weighted by molar-refractivity contribution is 0.756. The van der Waals surface area contributed by atoms with Crippen LogP contribution >= 0.6 is 0 Å². The van der Waals surface area contributed by atoms with E-state index in [-0.39, 0.29) is 0 Å². The largest absolute Gasteiger partial charge is 0.353 e. The van der Waals surface area contributed by atoms with Crippen molar-refractivity contribution in [1.29, 1.82) is 5.26 Å². The topological polar surface area (TPSA) is 53.6 Å². The van der Waals surface area contributed by atoms with Gasteiger partial charge in [-0.15, -0.1) is 0 Å². The van der Waals surface area contributed by atoms with Gasteiger partial charge in [-0.25, -0.2) is 0 Å². The monoisotopic (exact) mass is 226 g/mol. The molecular weight excluding hydrogens is 212 g/mol. The summed E-state index contributed by atoms with van der Waals surface area (Å²) in [6.45, 7) is 3.89. The van der Waals surface area contributed by atoms with E-state index in [1.54, 1.807) is 4.68 Å². The number of nitriles is 1. The maximum absolute atomic E-state index is 8.86. The summed E-state index contributed by atoms with van der Waals surface area (Å²) in [4.78, 5) is 0. The van der Waals surface area contributed by atoms with E-state index in [4.69, 9.17) is 5.26 Å². The van der Waals surface area contributed by atoms with E-state index >= 15 is 0 Å². The van der Waals surface area contributed by atoms with E-state index in [0.29, 0.717) is 5.56 Å². The van der Waals surface area contributed by atoms with Crippen molar-refractivity contribution in [1.82, 2.24) is 9.78 Å². The average molecular weight is 226 g/mol. The van der Waals surface area contributed by atoms with Crippen molar-refractivity contribution in [3.63, 3.8) is 0 Å². The molecule has 1 heterocycles. The lowest BCUT2D eigenvalue weighted by atomic mass is 10.1. The zero-order chi connectivity index (χ0) is 12.4. The molecule has 0 bridgehead atoms. The Hall–Kier alpha value is -2.28. The number of benzene rings is 1. The highest BCUT2D eigenvalue weighted by Crippen LogP contribution is 2.21. The minimum Gasteiger partial charge on any atom is -0.353 e. The standard InChI is InChI=1S/C13H14N4/c1-9-6-12(5-4-11(9)7-14)15-13-8-17(3)16-10(13)2/h4-6,8,15H,1-3H3. The van der Waals surface area contributed by atoms with Crippen LogP contribution in [-0.2, 0) is 7.05 Å². The minimum absolute atomic E-state index is 0.707. The predicted molar refractivity (Wildman–Crippen MR) is 67.1 cm³/mol. The van der Waals surface area contributed by atoms with Gasteiger partial charge in [0.25, 0.3) is 0 Å². The van der Waals surface area contributed by atoms with Gasteiger partial charge in [0.05, 0.1) is 23.0 Å². The van der Waals surface area contributed by atoms with Crippen LogP contribution in [0.15, 0.2) is 24.4 Å². The number of nitrogens with zero attached hydrogens (tertiary/aromatic N) is 3. The zero-order valence-corrected chi connectivity index (χ0v) is 10.2. The molecule has 1 aromatic heterocycles. The second-order valence-electron chi connectivity index (χ2n) is 4.07. The van der Waals surface area contributed by atoms with Crippen LogP contribution in [-0.4, -0.2) is 9.78 Å². The van der Waals surface area contributed by atoms with Crippen molar-refractivity contribution in [2.75, 3.05) is 5.32 Å². The van der Waals surface area contributed by atoms with Crippen LogP contribution in [0.4, 0.5) is 11.4 Å². The fourth-order valence-corrected chi connectivity index (χ4v) is 1.74. The van der Waals surface area contributed by atoms with E-state index in [9.17, 15) is 0 Å². The fourth-order valence-electron chi connectivity index (χ4n) is 1.74. The number of nitrogens with one attached hydrogen (secondary N) is 1. The summed E-state index contributed by atoms with van der Waals surface area (Å²) in [5, 5.41) is 16.4. The maximum Gasteiger partial charge on any atom is 0.0994 e. The summed E-state index contributed by atoms with van der Waals surface area (Å²) in [5.74, 6) is 0. The van der Waals surface area contributed by atoms with E-state index in [1.807, 2.05) is 45.3 Å². The average Bonchev–Trinajstić information content (AvgIpc) is 2.58. The first-order valence-corrected chi connectivity index (χ1v) is 5.38.